The third kappa shape index (κ3) is 10.3. The summed E-state index contributed by atoms with van der Waals surface area (Å²) >= 11 is 5.82. The van der Waals surface area contributed by atoms with Gasteiger partial charge in [-0.15, -0.1) is 12.4 Å². The van der Waals surface area contributed by atoms with E-state index in [1.54, 1.807) is 12.1 Å². The van der Waals surface area contributed by atoms with Crippen molar-refractivity contribution in [1.29, 1.82) is 0 Å². The van der Waals surface area contributed by atoms with Gasteiger partial charge in [-0.1, -0.05) is 43.7 Å². The van der Waals surface area contributed by atoms with Crippen molar-refractivity contribution < 1.29 is 14.6 Å². The van der Waals surface area contributed by atoms with Gasteiger partial charge in [0.2, 0.25) is 0 Å². The summed E-state index contributed by atoms with van der Waals surface area (Å²) in [4.78, 5) is 0. The van der Waals surface area contributed by atoms with E-state index in [0.29, 0.717) is 37.4 Å². The van der Waals surface area contributed by atoms with Crippen LogP contribution in [0, 0.1) is 0 Å². The summed E-state index contributed by atoms with van der Waals surface area (Å²) < 4.78 is 11.0. The zero-order chi connectivity index (χ0) is 17.0. The summed E-state index contributed by atoms with van der Waals surface area (Å²) in [5, 5.41) is 14.2. The maximum absolute atomic E-state index is 10.0. The molecule has 1 aliphatic carbocycles. The van der Waals surface area contributed by atoms with E-state index in [1.807, 2.05) is 12.1 Å². The summed E-state index contributed by atoms with van der Waals surface area (Å²) in [6, 6.07) is 7.80. The lowest BCUT2D eigenvalue weighted by molar-refractivity contribution is 0.0236. The highest BCUT2D eigenvalue weighted by molar-refractivity contribution is 6.30. The van der Waals surface area contributed by atoms with Crippen LogP contribution in [0.15, 0.2) is 24.3 Å². The Hall–Kier alpha value is -0.520. The first-order valence-corrected chi connectivity index (χ1v) is 9.49. The Morgan fingerprint density at radius 1 is 1.04 bits per heavy atom. The molecule has 144 valence electrons. The molecule has 0 radical (unpaired) electrons. The van der Waals surface area contributed by atoms with E-state index in [-0.39, 0.29) is 12.4 Å². The third-order valence-corrected chi connectivity index (χ3v) is 4.62. The molecule has 25 heavy (non-hydrogen) atoms. The van der Waals surface area contributed by atoms with Gasteiger partial charge in [-0.25, -0.2) is 0 Å². The molecule has 1 atom stereocenters. The van der Waals surface area contributed by atoms with Gasteiger partial charge in [-0.05, 0) is 37.1 Å². The lowest BCUT2D eigenvalue weighted by Crippen LogP contribution is -2.38. The van der Waals surface area contributed by atoms with Gasteiger partial charge in [0.1, 0.15) is 12.4 Å². The van der Waals surface area contributed by atoms with Crippen molar-refractivity contribution in [3.8, 4) is 5.75 Å². The predicted octanol–water partition coefficient (Wildman–Crippen LogP) is 4.22. The normalized spacial score (nSPS) is 17.2. The van der Waals surface area contributed by atoms with Crippen LogP contribution in [-0.4, -0.2) is 43.6 Å². The SMILES string of the molecule is Cl.O[C@@H](CNC1CCCCCCC1)COCCOc1ccc(Cl)cc1. The van der Waals surface area contributed by atoms with E-state index >= 15 is 0 Å². The average Bonchev–Trinajstić information content (AvgIpc) is 2.55. The molecule has 0 amide bonds. The van der Waals surface area contributed by atoms with Crippen LogP contribution >= 0.6 is 24.0 Å². The molecule has 1 aliphatic rings. The van der Waals surface area contributed by atoms with Crippen molar-refractivity contribution in [3.05, 3.63) is 29.3 Å². The summed E-state index contributed by atoms with van der Waals surface area (Å²) in [6.45, 7) is 1.86. The maximum atomic E-state index is 10.0. The van der Waals surface area contributed by atoms with Crippen molar-refractivity contribution in [2.24, 2.45) is 0 Å². The molecule has 0 bridgehead atoms. The number of hydrogen-bond donors (Lipinski definition) is 2. The lowest BCUT2D eigenvalue weighted by Gasteiger charge is -2.22. The van der Waals surface area contributed by atoms with Crippen molar-refractivity contribution in [1.82, 2.24) is 5.32 Å². The standard InChI is InChI=1S/C19H30ClNO3.ClH/c20-16-8-10-19(11-9-16)24-13-12-23-15-18(22)14-21-17-6-4-2-1-3-5-7-17;/h8-11,17-18,21-22H,1-7,12-15H2;1H/t18-;/m0./s1. The largest absolute Gasteiger partial charge is 0.491 e. The Morgan fingerprint density at radius 2 is 1.68 bits per heavy atom. The van der Waals surface area contributed by atoms with Crippen LogP contribution in [0.3, 0.4) is 0 Å². The van der Waals surface area contributed by atoms with Gasteiger partial charge in [-0.3, -0.25) is 0 Å². The molecule has 0 aliphatic heterocycles. The molecule has 2 N–H and O–H groups in total. The number of benzene rings is 1. The number of ether oxygens (including phenoxy) is 2. The van der Waals surface area contributed by atoms with Crippen molar-refractivity contribution in [3.63, 3.8) is 0 Å². The molecule has 1 fully saturated rings. The van der Waals surface area contributed by atoms with Crippen LogP contribution in [0.4, 0.5) is 0 Å². The minimum absolute atomic E-state index is 0. The quantitative estimate of drug-likeness (QED) is 0.618. The molecule has 4 nitrogen and oxygen atoms in total. The zero-order valence-electron chi connectivity index (χ0n) is 14.8. The molecule has 0 unspecified atom stereocenters. The van der Waals surface area contributed by atoms with E-state index < -0.39 is 6.10 Å². The Balaban J connectivity index is 0.00000312. The second-order valence-corrected chi connectivity index (χ2v) is 6.92. The average molecular weight is 392 g/mol. The summed E-state index contributed by atoms with van der Waals surface area (Å²) in [6.07, 6.45) is 8.64. The van der Waals surface area contributed by atoms with Crippen LogP contribution in [-0.2, 0) is 4.74 Å². The Labute approximate surface area is 162 Å². The maximum Gasteiger partial charge on any atom is 0.119 e. The molecule has 1 saturated carbocycles. The van der Waals surface area contributed by atoms with E-state index in [0.717, 1.165) is 5.75 Å². The smallest absolute Gasteiger partial charge is 0.119 e. The fourth-order valence-electron chi connectivity index (χ4n) is 2.99. The van der Waals surface area contributed by atoms with E-state index in [1.165, 1.54) is 44.9 Å². The number of aliphatic hydroxyl groups excluding tert-OH is 1. The molecule has 1 aromatic rings. The van der Waals surface area contributed by atoms with E-state index in [2.05, 4.69) is 5.32 Å². The van der Waals surface area contributed by atoms with Crippen molar-refractivity contribution in [2.45, 2.75) is 57.1 Å². The predicted molar refractivity (Wildman–Crippen MR) is 105 cm³/mol. The van der Waals surface area contributed by atoms with Gasteiger partial charge in [0.15, 0.2) is 0 Å². The van der Waals surface area contributed by atoms with E-state index in [4.69, 9.17) is 21.1 Å². The molecule has 2 rings (SSSR count). The second kappa shape index (κ2) is 13.7. The Kier molecular flexibility index (Phi) is 12.3. The van der Waals surface area contributed by atoms with Crippen LogP contribution in [0.1, 0.15) is 44.9 Å². The first-order valence-electron chi connectivity index (χ1n) is 9.11. The minimum atomic E-state index is -0.467. The van der Waals surface area contributed by atoms with Gasteiger partial charge in [-0.2, -0.15) is 0 Å². The Morgan fingerprint density at radius 3 is 2.36 bits per heavy atom. The van der Waals surface area contributed by atoms with Gasteiger partial charge < -0.3 is 19.9 Å². The molecule has 6 heteroatoms. The third-order valence-electron chi connectivity index (χ3n) is 4.37. The molecule has 0 heterocycles. The summed E-state index contributed by atoms with van der Waals surface area (Å²) in [7, 11) is 0. The minimum Gasteiger partial charge on any atom is -0.491 e. The van der Waals surface area contributed by atoms with Gasteiger partial charge in [0.05, 0.1) is 19.3 Å². The van der Waals surface area contributed by atoms with Gasteiger partial charge in [0, 0.05) is 17.6 Å². The monoisotopic (exact) mass is 391 g/mol. The number of halogens is 2. The number of rotatable bonds is 9. The highest BCUT2D eigenvalue weighted by Crippen LogP contribution is 2.17. The van der Waals surface area contributed by atoms with E-state index in [9.17, 15) is 5.11 Å². The molecule has 0 aromatic heterocycles. The van der Waals surface area contributed by atoms with Gasteiger partial charge >= 0.3 is 0 Å². The molecule has 1 aromatic carbocycles. The first-order chi connectivity index (χ1) is 11.7. The Bertz CT molecular complexity index is 437. The van der Waals surface area contributed by atoms with Crippen molar-refractivity contribution >= 4 is 24.0 Å². The molecule has 0 saturated heterocycles. The summed E-state index contributed by atoms with van der Waals surface area (Å²) in [5.74, 6) is 0.773. The summed E-state index contributed by atoms with van der Waals surface area (Å²) in [5.41, 5.74) is 0. The topological polar surface area (TPSA) is 50.7 Å². The highest BCUT2D eigenvalue weighted by atomic mass is 35.5. The van der Waals surface area contributed by atoms with Crippen LogP contribution < -0.4 is 10.1 Å². The fourth-order valence-corrected chi connectivity index (χ4v) is 3.12. The van der Waals surface area contributed by atoms with Crippen LogP contribution in [0.5, 0.6) is 5.75 Å². The highest BCUT2D eigenvalue weighted by Gasteiger charge is 2.12. The molecule has 0 spiro atoms. The molecular weight excluding hydrogens is 361 g/mol. The first kappa shape index (κ1) is 22.5. The zero-order valence-corrected chi connectivity index (χ0v) is 16.4. The van der Waals surface area contributed by atoms with Crippen LogP contribution in [0.25, 0.3) is 0 Å². The van der Waals surface area contributed by atoms with Crippen molar-refractivity contribution in [2.75, 3.05) is 26.4 Å². The second-order valence-electron chi connectivity index (χ2n) is 6.48. The number of hydrogen-bond acceptors (Lipinski definition) is 4. The lowest BCUT2D eigenvalue weighted by atomic mass is 9.97. The van der Waals surface area contributed by atoms with Gasteiger partial charge in [0.25, 0.3) is 0 Å². The van der Waals surface area contributed by atoms with Crippen LogP contribution in [0.2, 0.25) is 5.02 Å². The number of aliphatic hydroxyl groups is 1. The fraction of sp³-hybridized carbons (Fsp3) is 0.684. The molecular formula is C19H31Cl2NO3. The number of nitrogens with one attached hydrogen (secondary N) is 1.